The van der Waals surface area contributed by atoms with Gasteiger partial charge >= 0.3 is 28.7 Å². The molecule has 0 aromatic heterocycles. The van der Waals surface area contributed by atoms with Gasteiger partial charge in [-0.25, -0.2) is 0 Å². The third kappa shape index (κ3) is 9.45. The van der Waals surface area contributed by atoms with E-state index < -0.39 is 21.7 Å². The number of hydrogen-bond acceptors (Lipinski definition) is 2. The van der Waals surface area contributed by atoms with Crippen LogP contribution in [0.15, 0.2) is 0 Å². The van der Waals surface area contributed by atoms with E-state index in [4.69, 9.17) is 6.94 Å². The molecule has 4 heavy (non-hydrogen) atoms. The molecule has 1 N–H and O–H groups in total. The van der Waals surface area contributed by atoms with Crippen LogP contribution in [0.3, 0.4) is 0 Å². The van der Waals surface area contributed by atoms with Crippen LogP contribution in [-0.4, -0.2) is 25.2 Å². The van der Waals surface area contributed by atoms with Gasteiger partial charge in [0.1, 0.15) is 0 Å². The standard InChI is InChI=1S/Cd.H2O2Te/c;1-3-2/h;1-2H/p-1. The van der Waals surface area contributed by atoms with Gasteiger partial charge in [-0.1, -0.05) is 0 Å². The summed E-state index contributed by atoms with van der Waals surface area (Å²) in [5, 5.41) is 0. The van der Waals surface area contributed by atoms with Crippen LogP contribution in [0.1, 0.15) is 0 Å². The Kier molecular flexibility index (Phi) is 20.2. The van der Waals surface area contributed by atoms with Gasteiger partial charge in [0.05, 0.1) is 0 Å². The van der Waals surface area contributed by atoms with Crippen LogP contribution < -0.4 is 3.47 Å². The van der Waals surface area contributed by atoms with Gasteiger partial charge in [-0.2, -0.15) is 0 Å². The van der Waals surface area contributed by atoms with Crippen molar-refractivity contribution in [1.29, 1.82) is 0 Å². The summed E-state index contributed by atoms with van der Waals surface area (Å²) in [6.45, 7) is 0. The van der Waals surface area contributed by atoms with Crippen LogP contribution in [0.5, 0.6) is 0 Å². The van der Waals surface area contributed by atoms with Gasteiger partial charge in [-0.3, -0.25) is 0 Å². The zero-order valence-electron chi connectivity index (χ0n) is 1.97. The molecule has 0 radical (unpaired) electrons. The van der Waals surface area contributed by atoms with Crippen molar-refractivity contribution < 1.29 is 34.2 Å². The van der Waals surface area contributed by atoms with Crippen LogP contribution >= 0.6 is 0 Å². The molecule has 4 heteroatoms. The molecule has 0 saturated carbocycles. The first kappa shape index (κ1) is 9.16. The van der Waals surface area contributed by atoms with Gasteiger partial charge < -0.3 is 0 Å². The molecule has 0 bridgehead atoms. The van der Waals surface area contributed by atoms with E-state index in [0.29, 0.717) is 0 Å². The summed E-state index contributed by atoms with van der Waals surface area (Å²) in [4.78, 5) is 0. The predicted molar refractivity (Wildman–Crippen MR) is 7.97 cm³/mol. The Balaban J connectivity index is 0. The van der Waals surface area contributed by atoms with Crippen LogP contribution in [-0.2, 0) is 27.3 Å². The Morgan fingerprint density at radius 2 is 1.75 bits per heavy atom. The van der Waals surface area contributed by atoms with Crippen molar-refractivity contribution in [3.05, 3.63) is 0 Å². The summed E-state index contributed by atoms with van der Waals surface area (Å²) in [6.07, 6.45) is 0. The van der Waals surface area contributed by atoms with Gasteiger partial charge in [-0.05, 0) is 0 Å². The minimum atomic E-state index is -1.78. The Labute approximate surface area is 55.5 Å². The number of hydrogen-bond donors (Lipinski definition) is 1. The molecule has 0 rings (SSSR count). The first-order chi connectivity index (χ1) is 1.41. The van der Waals surface area contributed by atoms with E-state index >= 15 is 0 Å². The second kappa shape index (κ2) is 8.82. The monoisotopic (exact) mass is 277 g/mol. The van der Waals surface area contributed by atoms with Gasteiger partial charge in [0, 0.05) is 27.3 Å². The number of rotatable bonds is 0. The Morgan fingerprint density at radius 1 is 1.75 bits per heavy atom. The van der Waals surface area contributed by atoms with Crippen molar-refractivity contribution in [1.82, 2.24) is 0 Å². The molecule has 0 atom stereocenters. The van der Waals surface area contributed by atoms with Gasteiger partial charge in [0.15, 0.2) is 0 Å². The van der Waals surface area contributed by atoms with Crippen LogP contribution in [0.2, 0.25) is 0 Å². The van der Waals surface area contributed by atoms with E-state index in [0.717, 1.165) is 0 Å². The topological polar surface area (TPSA) is 43.3 Å². The molecular formula is HCdO2Te-. The average Bonchev–Trinajstić information content (AvgIpc) is 0.918. The fourth-order valence-corrected chi connectivity index (χ4v) is 0. The third-order valence-corrected chi connectivity index (χ3v) is 0. The zero-order chi connectivity index (χ0) is 2.71. The summed E-state index contributed by atoms with van der Waals surface area (Å²) in [6, 6.07) is 0. The summed E-state index contributed by atoms with van der Waals surface area (Å²) in [7, 11) is 0. The fourth-order valence-electron chi connectivity index (χ4n) is 0. The SMILES string of the molecule is [Cd].[O-][Te]O. The molecule has 0 saturated heterocycles. The van der Waals surface area contributed by atoms with Crippen molar-refractivity contribution in [2.45, 2.75) is 0 Å². The molecule has 0 aromatic rings. The quantitative estimate of drug-likeness (QED) is 0.512. The van der Waals surface area contributed by atoms with Crippen molar-refractivity contribution in [3.63, 3.8) is 0 Å². The Hall–Kier alpha value is 1.63. The van der Waals surface area contributed by atoms with Crippen molar-refractivity contribution in [2.75, 3.05) is 0 Å². The molecular weight excluding hydrogens is 272 g/mol. The van der Waals surface area contributed by atoms with Crippen molar-refractivity contribution >= 4 is 21.7 Å². The first-order valence-electron chi connectivity index (χ1n) is 0.349. The average molecular weight is 273 g/mol. The van der Waals surface area contributed by atoms with Crippen molar-refractivity contribution in [2.24, 2.45) is 0 Å². The molecule has 0 aliphatic carbocycles. The zero-order valence-corrected chi connectivity index (χ0v) is 8.34. The van der Waals surface area contributed by atoms with E-state index in [-0.39, 0.29) is 27.3 Å². The molecule has 0 fully saturated rings. The normalized spacial score (nSPS) is 4.50. The van der Waals surface area contributed by atoms with E-state index in [9.17, 15) is 0 Å². The molecule has 22 valence electrons. The van der Waals surface area contributed by atoms with Crippen LogP contribution in [0.4, 0.5) is 0 Å². The third-order valence-electron chi connectivity index (χ3n) is 0. The molecule has 0 aliphatic heterocycles. The molecule has 0 aromatic carbocycles. The Bertz CT molecular complexity index is 6.00. The molecule has 0 aliphatic rings. The maximum atomic E-state index is 8.62. The second-order valence-electron chi connectivity index (χ2n) is 0.0745. The van der Waals surface area contributed by atoms with Crippen LogP contribution in [0, 0.1) is 0 Å². The van der Waals surface area contributed by atoms with E-state index in [1.165, 1.54) is 0 Å². The summed E-state index contributed by atoms with van der Waals surface area (Å²) in [5.41, 5.74) is 0. The minimum absolute atomic E-state index is 0. The summed E-state index contributed by atoms with van der Waals surface area (Å²) < 4.78 is 15.8. The molecule has 0 spiro atoms. The second-order valence-corrected chi connectivity index (χ2v) is 0.500. The van der Waals surface area contributed by atoms with Gasteiger partial charge in [0.25, 0.3) is 0 Å². The molecule has 0 heterocycles. The van der Waals surface area contributed by atoms with Gasteiger partial charge in [-0.15, -0.1) is 0 Å². The summed E-state index contributed by atoms with van der Waals surface area (Å²) >= 11 is -1.78. The predicted octanol–water partition coefficient (Wildman–Crippen LogP) is -2.13. The molecule has 0 unspecified atom stereocenters. The van der Waals surface area contributed by atoms with Crippen LogP contribution in [0.25, 0.3) is 0 Å². The van der Waals surface area contributed by atoms with E-state index in [1.807, 2.05) is 0 Å². The van der Waals surface area contributed by atoms with Crippen molar-refractivity contribution in [3.8, 4) is 0 Å². The first-order valence-corrected chi connectivity index (χ1v) is 2.34. The van der Waals surface area contributed by atoms with Gasteiger partial charge in [0.2, 0.25) is 0 Å². The summed E-state index contributed by atoms with van der Waals surface area (Å²) in [5.74, 6) is 0. The van der Waals surface area contributed by atoms with E-state index in [2.05, 4.69) is 0 Å². The fraction of sp³-hybridized carbons (Fsp3) is 0. The maximum absolute atomic E-state index is 8.62. The van der Waals surface area contributed by atoms with E-state index in [1.54, 1.807) is 0 Å². The Morgan fingerprint density at radius 3 is 1.75 bits per heavy atom. The molecule has 0 amide bonds. The molecule has 2 nitrogen and oxygen atoms in total.